The highest BCUT2D eigenvalue weighted by molar-refractivity contribution is 5.54. The van der Waals surface area contributed by atoms with E-state index >= 15 is 0 Å². The second-order valence-corrected chi connectivity index (χ2v) is 7.94. The molecule has 148 valence electrons. The van der Waals surface area contributed by atoms with Crippen LogP contribution in [-0.2, 0) is 4.74 Å². The fraction of sp³-hybridized carbons (Fsp3) is 0.750. The summed E-state index contributed by atoms with van der Waals surface area (Å²) >= 11 is 0. The molecule has 2 atom stereocenters. The molecule has 0 bridgehead atoms. The van der Waals surface area contributed by atoms with Crippen LogP contribution in [0.25, 0.3) is 0 Å². The maximum absolute atomic E-state index is 10.6. The van der Waals surface area contributed by atoms with E-state index in [0.29, 0.717) is 35.9 Å². The van der Waals surface area contributed by atoms with Crippen LogP contribution >= 0.6 is 0 Å². The van der Waals surface area contributed by atoms with Gasteiger partial charge in [0, 0.05) is 19.2 Å². The minimum atomic E-state index is -0.614. The zero-order chi connectivity index (χ0) is 19.3. The van der Waals surface area contributed by atoms with E-state index in [0.717, 1.165) is 51.4 Å². The zero-order valence-electron chi connectivity index (χ0n) is 16.4. The van der Waals surface area contributed by atoms with Gasteiger partial charge in [0.1, 0.15) is 17.5 Å². The van der Waals surface area contributed by atoms with Gasteiger partial charge in [-0.2, -0.15) is 10.2 Å². The monoisotopic (exact) mass is 373 g/mol. The number of nitrogens with zero attached hydrogens (tertiary/aromatic N) is 3. The number of hydrogen-bond acceptors (Lipinski definition) is 7. The van der Waals surface area contributed by atoms with Gasteiger partial charge in [0.15, 0.2) is 0 Å². The third kappa shape index (κ3) is 5.08. The average molecular weight is 374 g/mol. The summed E-state index contributed by atoms with van der Waals surface area (Å²) in [5.41, 5.74) is -0.175. The van der Waals surface area contributed by atoms with Gasteiger partial charge in [0.05, 0.1) is 17.9 Å². The van der Waals surface area contributed by atoms with E-state index in [2.05, 4.69) is 26.7 Å². The van der Waals surface area contributed by atoms with Crippen molar-refractivity contribution in [2.24, 2.45) is 0 Å². The minimum absolute atomic E-state index is 0.121. The smallest absolute Gasteiger partial charge is 0.224 e. The summed E-state index contributed by atoms with van der Waals surface area (Å²) in [7, 11) is 1.77. The van der Waals surface area contributed by atoms with Crippen molar-refractivity contribution in [2.75, 3.05) is 17.7 Å². The standard InChI is InChI=1S/C20H31N5O2/c1-3-20(26)10-4-5-16(11-20)23-18-14(12-21)13-22-19(25-18)24-15-6-8-17(27-2)9-7-15/h13,15-17,26H,3-11H2,1-2H3,(H2,22,23,24,25)/t15-,16-,17-,20+/m1/s1. The van der Waals surface area contributed by atoms with Crippen LogP contribution in [0.15, 0.2) is 6.20 Å². The zero-order valence-corrected chi connectivity index (χ0v) is 16.4. The van der Waals surface area contributed by atoms with Gasteiger partial charge in [-0.1, -0.05) is 6.92 Å². The number of nitriles is 1. The van der Waals surface area contributed by atoms with Crippen LogP contribution < -0.4 is 10.6 Å². The topological polar surface area (TPSA) is 103 Å². The Kier molecular flexibility index (Phi) is 6.51. The quantitative estimate of drug-likeness (QED) is 0.703. The molecular formula is C20H31N5O2. The van der Waals surface area contributed by atoms with Crippen LogP contribution in [0.4, 0.5) is 11.8 Å². The summed E-state index contributed by atoms with van der Waals surface area (Å²) in [6.07, 6.45) is 10.3. The molecule has 1 heterocycles. The highest BCUT2D eigenvalue weighted by atomic mass is 16.5. The van der Waals surface area contributed by atoms with Crippen molar-refractivity contribution in [3.8, 4) is 6.07 Å². The Hall–Kier alpha value is -1.91. The summed E-state index contributed by atoms with van der Waals surface area (Å²) in [5.74, 6) is 1.12. The first-order valence-corrected chi connectivity index (χ1v) is 10.1. The molecule has 2 fully saturated rings. The van der Waals surface area contributed by atoms with Gasteiger partial charge in [0.25, 0.3) is 0 Å². The van der Waals surface area contributed by atoms with Crippen molar-refractivity contribution in [3.05, 3.63) is 11.8 Å². The van der Waals surface area contributed by atoms with E-state index in [1.807, 2.05) is 6.92 Å². The van der Waals surface area contributed by atoms with Gasteiger partial charge in [-0.15, -0.1) is 0 Å². The Morgan fingerprint density at radius 3 is 2.70 bits per heavy atom. The molecule has 0 spiro atoms. The van der Waals surface area contributed by atoms with E-state index < -0.39 is 5.60 Å². The Morgan fingerprint density at radius 2 is 2.04 bits per heavy atom. The molecule has 3 rings (SSSR count). The first-order valence-electron chi connectivity index (χ1n) is 10.1. The van der Waals surface area contributed by atoms with Gasteiger partial charge in [-0.05, 0) is 57.8 Å². The number of rotatable bonds is 6. The fourth-order valence-electron chi connectivity index (χ4n) is 4.25. The summed E-state index contributed by atoms with van der Waals surface area (Å²) in [6.45, 7) is 2.02. The molecule has 2 aliphatic rings. The molecule has 3 N–H and O–H groups in total. The van der Waals surface area contributed by atoms with Crippen LogP contribution in [0, 0.1) is 11.3 Å². The predicted molar refractivity (Wildman–Crippen MR) is 105 cm³/mol. The van der Waals surface area contributed by atoms with Crippen molar-refractivity contribution in [1.29, 1.82) is 5.26 Å². The van der Waals surface area contributed by atoms with Crippen LogP contribution in [0.2, 0.25) is 0 Å². The molecule has 1 aromatic heterocycles. The first kappa shape index (κ1) is 19.8. The molecule has 0 aliphatic heterocycles. The predicted octanol–water partition coefficient (Wildman–Crippen LogP) is 3.21. The van der Waals surface area contributed by atoms with Crippen LogP contribution in [-0.4, -0.2) is 46.0 Å². The van der Waals surface area contributed by atoms with Crippen LogP contribution in [0.1, 0.15) is 70.3 Å². The van der Waals surface area contributed by atoms with E-state index in [4.69, 9.17) is 4.74 Å². The van der Waals surface area contributed by atoms with Gasteiger partial charge in [-0.3, -0.25) is 0 Å². The Labute approximate surface area is 161 Å². The maximum atomic E-state index is 10.6. The molecule has 7 nitrogen and oxygen atoms in total. The molecule has 0 saturated heterocycles. The lowest BCUT2D eigenvalue weighted by molar-refractivity contribution is -0.00327. The maximum Gasteiger partial charge on any atom is 0.224 e. The van der Waals surface area contributed by atoms with Crippen LogP contribution in [0.3, 0.4) is 0 Å². The van der Waals surface area contributed by atoms with E-state index in [-0.39, 0.29) is 6.04 Å². The number of anilines is 2. The molecule has 0 unspecified atom stereocenters. The summed E-state index contributed by atoms with van der Waals surface area (Å²) in [6, 6.07) is 2.62. The van der Waals surface area contributed by atoms with Crippen molar-refractivity contribution in [2.45, 2.75) is 88.5 Å². The number of methoxy groups -OCH3 is 1. The highest BCUT2D eigenvalue weighted by Gasteiger charge is 2.33. The molecule has 1 aromatic rings. The highest BCUT2D eigenvalue weighted by Crippen LogP contribution is 2.33. The number of nitrogens with one attached hydrogen (secondary N) is 2. The van der Waals surface area contributed by atoms with Crippen molar-refractivity contribution in [3.63, 3.8) is 0 Å². The van der Waals surface area contributed by atoms with Crippen molar-refractivity contribution >= 4 is 11.8 Å². The second kappa shape index (κ2) is 8.85. The summed E-state index contributed by atoms with van der Waals surface area (Å²) in [4.78, 5) is 8.89. The second-order valence-electron chi connectivity index (χ2n) is 7.94. The SMILES string of the molecule is CC[C@]1(O)CCC[C@@H](Nc2nc(N[C@H]3CC[C@H](OC)CC3)ncc2C#N)C1. The number of hydrogen-bond donors (Lipinski definition) is 3. The Balaban J connectivity index is 1.66. The normalized spacial score (nSPS) is 31.1. The molecule has 0 amide bonds. The van der Waals surface area contributed by atoms with Gasteiger partial charge >= 0.3 is 0 Å². The van der Waals surface area contributed by atoms with E-state index in [9.17, 15) is 10.4 Å². The molecule has 2 saturated carbocycles. The molecule has 0 radical (unpaired) electrons. The lowest BCUT2D eigenvalue weighted by atomic mass is 9.80. The van der Waals surface area contributed by atoms with Gasteiger partial charge in [-0.25, -0.2) is 4.98 Å². The fourth-order valence-corrected chi connectivity index (χ4v) is 4.25. The number of ether oxygens (including phenoxy) is 1. The Morgan fingerprint density at radius 1 is 1.26 bits per heavy atom. The van der Waals surface area contributed by atoms with Gasteiger partial charge in [0.2, 0.25) is 5.95 Å². The molecule has 2 aliphatic carbocycles. The molecular weight excluding hydrogens is 342 g/mol. The lowest BCUT2D eigenvalue weighted by Crippen LogP contribution is -2.40. The lowest BCUT2D eigenvalue weighted by Gasteiger charge is -2.36. The van der Waals surface area contributed by atoms with Crippen molar-refractivity contribution < 1.29 is 9.84 Å². The average Bonchev–Trinajstić information content (AvgIpc) is 2.69. The summed E-state index contributed by atoms with van der Waals surface area (Å²) < 4.78 is 5.42. The summed E-state index contributed by atoms with van der Waals surface area (Å²) in [5, 5.41) is 26.8. The molecule has 27 heavy (non-hydrogen) atoms. The van der Waals surface area contributed by atoms with Gasteiger partial charge < -0.3 is 20.5 Å². The molecule has 7 heteroatoms. The Bertz CT molecular complexity index is 669. The van der Waals surface area contributed by atoms with Crippen molar-refractivity contribution in [1.82, 2.24) is 9.97 Å². The molecule has 0 aromatic carbocycles. The van der Waals surface area contributed by atoms with E-state index in [1.165, 1.54) is 0 Å². The number of aromatic nitrogens is 2. The number of aliphatic hydroxyl groups is 1. The minimum Gasteiger partial charge on any atom is -0.390 e. The van der Waals surface area contributed by atoms with Crippen LogP contribution in [0.5, 0.6) is 0 Å². The third-order valence-electron chi connectivity index (χ3n) is 6.07. The van der Waals surface area contributed by atoms with E-state index in [1.54, 1.807) is 13.3 Å². The largest absolute Gasteiger partial charge is 0.390 e. The third-order valence-corrected chi connectivity index (χ3v) is 6.07. The first-order chi connectivity index (χ1) is 13.0.